The number of hydrogen-bond donors (Lipinski definition) is 0. The molecule has 2 nitrogen and oxygen atoms in total. The van der Waals surface area contributed by atoms with Crippen LogP contribution in [0.25, 0.3) is 0 Å². The van der Waals surface area contributed by atoms with Crippen molar-refractivity contribution in [3.8, 4) is 6.07 Å². The zero-order valence-electron chi connectivity index (χ0n) is 8.81. The Hall–Kier alpha value is -1.69. The molecule has 1 aromatic carbocycles. The highest BCUT2D eigenvalue weighted by molar-refractivity contribution is 5.60. The molecule has 0 fully saturated rings. The molecule has 0 aliphatic carbocycles. The van der Waals surface area contributed by atoms with Crippen LogP contribution in [0.3, 0.4) is 0 Å². The van der Waals surface area contributed by atoms with Crippen molar-refractivity contribution in [3.05, 3.63) is 35.6 Å². The molecule has 78 valence electrons. The van der Waals surface area contributed by atoms with Gasteiger partial charge in [0.25, 0.3) is 0 Å². The van der Waals surface area contributed by atoms with Crippen molar-refractivity contribution >= 4 is 6.21 Å². The van der Waals surface area contributed by atoms with E-state index in [9.17, 15) is 4.39 Å². The fraction of sp³-hybridized carbons (Fsp3) is 0.333. The molecule has 0 radical (unpaired) electrons. The Balaban J connectivity index is 2.85. The number of nitriles is 1. The standard InChI is InChI=1S/C12H13FN2/c1-9(2)8-15-12(7-14)10-3-5-11(13)6-4-10/h3-6,8-9,12H,1-2H3/t12-/m1/s1. The van der Waals surface area contributed by atoms with Gasteiger partial charge in [-0.1, -0.05) is 26.0 Å². The first-order valence-corrected chi connectivity index (χ1v) is 4.82. The summed E-state index contributed by atoms with van der Waals surface area (Å²) < 4.78 is 12.6. The molecule has 0 aliphatic rings. The van der Waals surface area contributed by atoms with Crippen molar-refractivity contribution in [2.24, 2.45) is 10.9 Å². The van der Waals surface area contributed by atoms with E-state index in [1.165, 1.54) is 12.1 Å². The Morgan fingerprint density at radius 3 is 2.40 bits per heavy atom. The summed E-state index contributed by atoms with van der Waals surface area (Å²) in [7, 11) is 0. The second-order valence-electron chi connectivity index (χ2n) is 3.63. The van der Waals surface area contributed by atoms with E-state index < -0.39 is 6.04 Å². The topological polar surface area (TPSA) is 36.1 Å². The summed E-state index contributed by atoms with van der Waals surface area (Å²) in [6.45, 7) is 3.98. The van der Waals surface area contributed by atoms with Gasteiger partial charge in [0.2, 0.25) is 0 Å². The van der Waals surface area contributed by atoms with E-state index >= 15 is 0 Å². The molecule has 0 N–H and O–H groups in total. The molecule has 0 amide bonds. The summed E-state index contributed by atoms with van der Waals surface area (Å²) in [5.41, 5.74) is 0.718. The Morgan fingerprint density at radius 2 is 1.93 bits per heavy atom. The molecule has 1 rings (SSSR count). The molecule has 1 atom stereocenters. The number of benzene rings is 1. The monoisotopic (exact) mass is 204 g/mol. The molecule has 1 aromatic rings. The van der Waals surface area contributed by atoms with Gasteiger partial charge in [-0.05, 0) is 23.6 Å². The highest BCUT2D eigenvalue weighted by Crippen LogP contribution is 2.16. The summed E-state index contributed by atoms with van der Waals surface area (Å²) in [6, 6.07) is 7.38. The molecule has 15 heavy (non-hydrogen) atoms. The molecule has 0 aliphatic heterocycles. The first-order valence-electron chi connectivity index (χ1n) is 4.82. The Morgan fingerprint density at radius 1 is 1.33 bits per heavy atom. The lowest BCUT2D eigenvalue weighted by Gasteiger charge is -2.04. The molecule has 3 heteroatoms. The van der Waals surface area contributed by atoms with E-state index in [4.69, 9.17) is 5.26 Å². The molecular formula is C12H13FN2. The van der Waals surface area contributed by atoms with Gasteiger partial charge < -0.3 is 0 Å². The minimum Gasteiger partial charge on any atom is -0.274 e. The summed E-state index contributed by atoms with van der Waals surface area (Å²) in [5, 5.41) is 8.90. The summed E-state index contributed by atoms with van der Waals surface area (Å²) in [4.78, 5) is 4.13. The molecule has 0 saturated carbocycles. The molecule has 0 unspecified atom stereocenters. The van der Waals surface area contributed by atoms with Crippen molar-refractivity contribution in [2.75, 3.05) is 0 Å². The third-order valence-corrected chi connectivity index (χ3v) is 1.84. The van der Waals surface area contributed by atoms with Gasteiger partial charge in [0.05, 0.1) is 6.07 Å². The van der Waals surface area contributed by atoms with Crippen molar-refractivity contribution in [2.45, 2.75) is 19.9 Å². The van der Waals surface area contributed by atoms with Crippen molar-refractivity contribution in [3.63, 3.8) is 0 Å². The van der Waals surface area contributed by atoms with Gasteiger partial charge in [-0.2, -0.15) is 5.26 Å². The summed E-state index contributed by atoms with van der Waals surface area (Å²) in [6.07, 6.45) is 1.73. The smallest absolute Gasteiger partial charge is 0.161 e. The van der Waals surface area contributed by atoms with Gasteiger partial charge in [-0.25, -0.2) is 4.39 Å². The van der Waals surface area contributed by atoms with Crippen molar-refractivity contribution in [1.29, 1.82) is 5.26 Å². The van der Waals surface area contributed by atoms with Crippen LogP contribution in [0.1, 0.15) is 25.5 Å². The maximum Gasteiger partial charge on any atom is 0.161 e. The Labute approximate surface area is 89.1 Å². The third kappa shape index (κ3) is 3.51. The molecule has 0 aromatic heterocycles. The van der Waals surface area contributed by atoms with Gasteiger partial charge in [0.1, 0.15) is 5.82 Å². The van der Waals surface area contributed by atoms with Gasteiger partial charge in [0.15, 0.2) is 6.04 Å². The third-order valence-electron chi connectivity index (χ3n) is 1.84. The van der Waals surface area contributed by atoms with Crippen LogP contribution in [0.4, 0.5) is 4.39 Å². The molecule has 0 saturated heterocycles. The average molecular weight is 204 g/mol. The lowest BCUT2D eigenvalue weighted by molar-refractivity contribution is 0.626. The maximum absolute atomic E-state index is 12.6. The summed E-state index contributed by atoms with van der Waals surface area (Å²) in [5.74, 6) is 0.00424. The second-order valence-corrected chi connectivity index (χ2v) is 3.63. The van der Waals surface area contributed by atoms with E-state index in [-0.39, 0.29) is 5.82 Å². The number of nitrogens with zero attached hydrogens (tertiary/aromatic N) is 2. The van der Waals surface area contributed by atoms with Crippen LogP contribution in [0.5, 0.6) is 0 Å². The molecule has 0 heterocycles. The predicted molar refractivity (Wildman–Crippen MR) is 58.1 cm³/mol. The van der Waals surface area contributed by atoms with Crippen LogP contribution < -0.4 is 0 Å². The van der Waals surface area contributed by atoms with Gasteiger partial charge in [-0.3, -0.25) is 4.99 Å². The fourth-order valence-electron chi connectivity index (χ4n) is 1.10. The van der Waals surface area contributed by atoms with Crippen LogP contribution in [-0.2, 0) is 0 Å². The van der Waals surface area contributed by atoms with E-state index in [1.54, 1.807) is 18.3 Å². The predicted octanol–water partition coefficient (Wildman–Crippen LogP) is 3.12. The number of hydrogen-bond acceptors (Lipinski definition) is 2. The largest absolute Gasteiger partial charge is 0.274 e. The fourth-order valence-corrected chi connectivity index (χ4v) is 1.10. The van der Waals surface area contributed by atoms with Crippen LogP contribution in [0.15, 0.2) is 29.3 Å². The van der Waals surface area contributed by atoms with E-state index in [1.807, 2.05) is 13.8 Å². The lowest BCUT2D eigenvalue weighted by atomic mass is 10.1. The van der Waals surface area contributed by atoms with Crippen LogP contribution in [0, 0.1) is 23.1 Å². The second kappa shape index (κ2) is 5.26. The molecule has 0 spiro atoms. The van der Waals surface area contributed by atoms with Gasteiger partial charge in [0, 0.05) is 6.21 Å². The number of aliphatic imine (C=N–C) groups is 1. The average Bonchev–Trinajstić information content (AvgIpc) is 2.21. The van der Waals surface area contributed by atoms with Crippen LogP contribution >= 0.6 is 0 Å². The Bertz CT molecular complexity index is 374. The van der Waals surface area contributed by atoms with Gasteiger partial charge >= 0.3 is 0 Å². The molecule has 0 bridgehead atoms. The highest BCUT2D eigenvalue weighted by atomic mass is 19.1. The maximum atomic E-state index is 12.6. The van der Waals surface area contributed by atoms with Crippen molar-refractivity contribution in [1.82, 2.24) is 0 Å². The minimum atomic E-state index is -0.534. The first kappa shape index (κ1) is 11.4. The van der Waals surface area contributed by atoms with Crippen LogP contribution in [0.2, 0.25) is 0 Å². The lowest BCUT2D eigenvalue weighted by Crippen LogP contribution is -1.95. The zero-order valence-corrected chi connectivity index (χ0v) is 8.81. The highest BCUT2D eigenvalue weighted by Gasteiger charge is 2.07. The first-order chi connectivity index (χ1) is 7.13. The SMILES string of the molecule is CC(C)C=N[C@H](C#N)c1ccc(F)cc1. The normalized spacial score (nSPS) is 13.0. The van der Waals surface area contributed by atoms with Crippen molar-refractivity contribution < 1.29 is 4.39 Å². The van der Waals surface area contributed by atoms with E-state index in [0.29, 0.717) is 5.92 Å². The zero-order chi connectivity index (χ0) is 11.3. The summed E-state index contributed by atoms with van der Waals surface area (Å²) >= 11 is 0. The molecular weight excluding hydrogens is 191 g/mol. The number of halogens is 1. The van der Waals surface area contributed by atoms with Crippen LogP contribution in [-0.4, -0.2) is 6.21 Å². The van der Waals surface area contributed by atoms with E-state index in [2.05, 4.69) is 11.1 Å². The minimum absolute atomic E-state index is 0.303. The number of rotatable bonds is 3. The van der Waals surface area contributed by atoms with E-state index in [0.717, 1.165) is 5.56 Å². The van der Waals surface area contributed by atoms with Gasteiger partial charge in [-0.15, -0.1) is 0 Å². The Kier molecular flexibility index (Phi) is 3.99. The quantitative estimate of drug-likeness (QED) is 0.697.